The lowest BCUT2D eigenvalue weighted by Crippen LogP contribution is -2.61. The van der Waals surface area contributed by atoms with Crippen molar-refractivity contribution in [3.63, 3.8) is 0 Å². The predicted octanol–water partition coefficient (Wildman–Crippen LogP) is 18.7. The minimum Gasteiger partial charge on any atom is -0.310 e. The number of aromatic nitrogens is 2. The van der Waals surface area contributed by atoms with Crippen molar-refractivity contribution in [3.8, 4) is 33.6 Å². The number of benzene rings is 12. The molecule has 0 amide bonds. The topological polar surface area (TPSA) is 9.86 Å². The second kappa shape index (κ2) is 17.7. The molecule has 3 aliphatic heterocycles. The van der Waals surface area contributed by atoms with Gasteiger partial charge in [-0.25, -0.2) is 0 Å². The Hall–Kier alpha value is -9.70. The van der Waals surface area contributed by atoms with E-state index in [1.165, 1.54) is 160 Å². The number of rotatable bonds is 9. The van der Waals surface area contributed by atoms with Gasteiger partial charge in [-0.2, -0.15) is 0 Å². The molecule has 420 valence electrons. The predicted molar refractivity (Wildman–Crippen MR) is 370 cm³/mol. The summed E-state index contributed by atoms with van der Waals surface area (Å²) in [6.07, 6.45) is 0. The van der Waals surface area contributed by atoms with Gasteiger partial charge in [0, 0.05) is 65.5 Å². The molecule has 4 aliphatic rings. The van der Waals surface area contributed by atoms with Gasteiger partial charge in [-0.1, -0.05) is 280 Å². The molecular formula is C85H67BN2. The van der Waals surface area contributed by atoms with E-state index in [1.807, 2.05) is 0 Å². The van der Waals surface area contributed by atoms with Crippen molar-refractivity contribution in [2.45, 2.75) is 82.5 Å². The Morgan fingerprint density at radius 3 is 1.18 bits per heavy atom. The Labute approximate surface area is 516 Å². The molecule has 0 atom stereocenters. The van der Waals surface area contributed by atoms with Gasteiger partial charge in [-0.15, -0.1) is 0 Å². The van der Waals surface area contributed by atoms with Crippen LogP contribution < -0.4 is 16.4 Å². The van der Waals surface area contributed by atoms with E-state index in [0.717, 1.165) is 0 Å². The third-order valence-corrected chi connectivity index (χ3v) is 22.3. The summed E-state index contributed by atoms with van der Waals surface area (Å²) in [5.41, 5.74) is 30.8. The van der Waals surface area contributed by atoms with Crippen LogP contribution in [-0.2, 0) is 27.1 Å². The van der Waals surface area contributed by atoms with Crippen molar-refractivity contribution in [3.05, 3.63) is 328 Å². The molecule has 0 radical (unpaired) electrons. The van der Waals surface area contributed by atoms with Crippen molar-refractivity contribution in [2.75, 3.05) is 0 Å². The van der Waals surface area contributed by atoms with Gasteiger partial charge < -0.3 is 9.13 Å². The standard InChI is InChI=1S/C85H67BN2/c1-81(2,53-30-16-10-17-31-53)57-42-43-74-64(44-57)65-46-59(83(5,6)55-34-20-12-21-35-55)49-72-77(65)87(74)79-63(52-28-14-9-15-29-52)51-71-80-75(79)86(72)73-50-60(84(7,8)56-36-22-13-23-37-56)47-67-66-45-58(82(3,4)54-32-18-11-19-33-54)48-70(76(66)88(80)78(67)73)85(71)68-40-26-24-38-61(68)62-39-25-27-41-69(62)85/h9-51H,1-8H3. The SMILES string of the molecule is CC(C)(c1ccccc1)c1ccc2c(c1)c1cc(C(C)(C)c3ccccc3)cc3c1n2-c1c(-c2ccccc2)cc2c4c1B3c1cc(C(C)(C)c3ccccc3)cc3c5cc(C(C)(C)c6ccccc6)cc(c5n-4c13)C21c2ccccc2-c2ccccc21. The summed E-state index contributed by atoms with van der Waals surface area (Å²) >= 11 is 0. The Kier molecular flexibility index (Phi) is 10.4. The zero-order valence-electron chi connectivity index (χ0n) is 51.3. The molecule has 2 nitrogen and oxygen atoms in total. The van der Waals surface area contributed by atoms with Crippen LogP contribution in [0, 0.1) is 0 Å². The fourth-order valence-electron chi connectivity index (χ4n) is 17.2. The van der Waals surface area contributed by atoms with E-state index in [1.54, 1.807) is 0 Å². The molecule has 0 fully saturated rings. The largest absolute Gasteiger partial charge is 0.310 e. The molecule has 0 N–H and O–H groups in total. The van der Waals surface area contributed by atoms with Crippen LogP contribution in [0.4, 0.5) is 0 Å². The zero-order valence-corrected chi connectivity index (χ0v) is 51.3. The van der Waals surface area contributed by atoms with Crippen LogP contribution in [-0.4, -0.2) is 15.8 Å². The molecule has 0 unspecified atom stereocenters. The molecule has 0 saturated carbocycles. The summed E-state index contributed by atoms with van der Waals surface area (Å²) in [5, 5.41) is 5.21. The summed E-state index contributed by atoms with van der Waals surface area (Å²) in [6, 6.07) is 101. The van der Waals surface area contributed by atoms with Crippen LogP contribution in [0.3, 0.4) is 0 Å². The molecular weight excluding hydrogens is 1060 g/mol. The molecule has 1 aliphatic carbocycles. The summed E-state index contributed by atoms with van der Waals surface area (Å²) < 4.78 is 5.56. The average Bonchev–Trinajstić information content (AvgIpc) is 1.40. The van der Waals surface area contributed by atoms with E-state index < -0.39 is 5.41 Å². The van der Waals surface area contributed by atoms with Crippen molar-refractivity contribution < 1.29 is 0 Å². The first kappa shape index (κ1) is 51.5. The normalized spacial score (nSPS) is 14.2. The molecule has 3 heteroatoms. The van der Waals surface area contributed by atoms with Crippen LogP contribution in [0.1, 0.15) is 122 Å². The van der Waals surface area contributed by atoms with E-state index in [9.17, 15) is 0 Å². The first-order valence-corrected chi connectivity index (χ1v) is 31.7. The van der Waals surface area contributed by atoms with Crippen molar-refractivity contribution >= 4 is 66.7 Å². The van der Waals surface area contributed by atoms with Crippen LogP contribution in [0.5, 0.6) is 0 Å². The van der Waals surface area contributed by atoms with Gasteiger partial charge in [-0.05, 0) is 136 Å². The number of fused-ring (bicyclic) bond motifs is 14. The lowest BCUT2D eigenvalue weighted by Gasteiger charge is -2.45. The Morgan fingerprint density at radius 1 is 0.284 bits per heavy atom. The van der Waals surface area contributed by atoms with Gasteiger partial charge in [0.1, 0.15) is 0 Å². The van der Waals surface area contributed by atoms with Gasteiger partial charge in [0.25, 0.3) is 6.71 Å². The van der Waals surface area contributed by atoms with Gasteiger partial charge in [0.05, 0.1) is 22.1 Å². The lowest BCUT2D eigenvalue weighted by atomic mass is 9.33. The quantitative estimate of drug-likeness (QED) is 0.128. The third-order valence-electron chi connectivity index (χ3n) is 22.3. The second-order valence-corrected chi connectivity index (χ2v) is 27.9. The number of hydrogen-bond acceptors (Lipinski definition) is 0. The maximum atomic E-state index is 2.81. The summed E-state index contributed by atoms with van der Waals surface area (Å²) in [7, 11) is 0. The van der Waals surface area contributed by atoms with Gasteiger partial charge in [-0.3, -0.25) is 0 Å². The zero-order chi connectivity index (χ0) is 59.4. The molecule has 18 rings (SSSR count). The highest BCUT2D eigenvalue weighted by Gasteiger charge is 2.56. The lowest BCUT2D eigenvalue weighted by molar-refractivity contribution is 0.637. The van der Waals surface area contributed by atoms with E-state index in [0.29, 0.717) is 0 Å². The highest BCUT2D eigenvalue weighted by atomic mass is 15.1. The van der Waals surface area contributed by atoms with E-state index in [-0.39, 0.29) is 28.4 Å². The van der Waals surface area contributed by atoms with Crippen molar-refractivity contribution in [1.29, 1.82) is 0 Å². The van der Waals surface area contributed by atoms with Crippen LogP contribution in [0.2, 0.25) is 0 Å². The van der Waals surface area contributed by atoms with E-state index >= 15 is 0 Å². The number of nitrogens with zero attached hydrogens (tertiary/aromatic N) is 2. The highest BCUT2D eigenvalue weighted by Crippen LogP contribution is 2.63. The molecule has 14 aromatic rings. The molecule has 2 aromatic heterocycles. The fourth-order valence-corrected chi connectivity index (χ4v) is 17.2. The molecule has 5 heterocycles. The minimum absolute atomic E-state index is 0.157. The minimum atomic E-state index is -0.704. The van der Waals surface area contributed by atoms with Crippen LogP contribution in [0.25, 0.3) is 77.2 Å². The Bertz CT molecular complexity index is 5250. The monoisotopic (exact) mass is 1130 g/mol. The summed E-state index contributed by atoms with van der Waals surface area (Å²) in [6.45, 7) is 19.3. The van der Waals surface area contributed by atoms with Crippen molar-refractivity contribution in [2.24, 2.45) is 0 Å². The molecule has 88 heavy (non-hydrogen) atoms. The maximum Gasteiger partial charge on any atom is 0.252 e. The first-order chi connectivity index (χ1) is 42.7. The molecule has 0 saturated heterocycles. The van der Waals surface area contributed by atoms with Gasteiger partial charge in [0.15, 0.2) is 0 Å². The molecule has 12 aromatic carbocycles. The second-order valence-electron chi connectivity index (χ2n) is 27.9. The Balaban J connectivity index is 1.09. The van der Waals surface area contributed by atoms with Gasteiger partial charge in [0.2, 0.25) is 0 Å². The van der Waals surface area contributed by atoms with E-state index in [2.05, 4.69) is 325 Å². The summed E-state index contributed by atoms with van der Waals surface area (Å²) in [4.78, 5) is 0. The summed E-state index contributed by atoms with van der Waals surface area (Å²) in [5.74, 6) is 0. The third kappa shape index (κ3) is 6.54. The Morgan fingerprint density at radius 2 is 0.682 bits per heavy atom. The smallest absolute Gasteiger partial charge is 0.252 e. The van der Waals surface area contributed by atoms with E-state index in [4.69, 9.17) is 0 Å². The first-order valence-electron chi connectivity index (χ1n) is 31.7. The molecule has 1 spiro atoms. The van der Waals surface area contributed by atoms with Crippen LogP contribution >= 0.6 is 0 Å². The average molecular weight is 1130 g/mol. The highest BCUT2D eigenvalue weighted by molar-refractivity contribution is 7.00. The fraction of sp³-hybridized carbons (Fsp3) is 0.153. The number of hydrogen-bond donors (Lipinski definition) is 0. The van der Waals surface area contributed by atoms with Crippen molar-refractivity contribution in [1.82, 2.24) is 9.13 Å². The van der Waals surface area contributed by atoms with Crippen LogP contribution in [0.15, 0.2) is 261 Å². The maximum absolute atomic E-state index is 2.81. The molecule has 0 bridgehead atoms. The van der Waals surface area contributed by atoms with Gasteiger partial charge >= 0.3 is 0 Å².